The fourth-order valence-electron chi connectivity index (χ4n) is 3.50. The minimum Gasteiger partial charge on any atom is -0.368 e. The molecule has 1 unspecified atom stereocenters. The number of nitrogens with zero attached hydrogens (tertiary/aromatic N) is 3. The van der Waals surface area contributed by atoms with Crippen molar-refractivity contribution in [1.82, 2.24) is 15.2 Å². The molecule has 1 aliphatic heterocycles. The summed E-state index contributed by atoms with van der Waals surface area (Å²) in [6, 6.07) is 6.07. The van der Waals surface area contributed by atoms with Gasteiger partial charge < -0.3 is 15.1 Å². The predicted octanol–water partition coefficient (Wildman–Crippen LogP) is 4.09. The first-order valence-corrected chi connectivity index (χ1v) is 10.3. The zero-order valence-electron chi connectivity index (χ0n) is 14.8. The van der Waals surface area contributed by atoms with E-state index >= 15 is 0 Å². The maximum Gasteiger partial charge on any atom is 0.318 e. The van der Waals surface area contributed by atoms with Crippen molar-refractivity contribution in [1.29, 1.82) is 0 Å². The summed E-state index contributed by atoms with van der Waals surface area (Å²) in [6.45, 7) is 5.17. The SMILES string of the molecule is Cc1ccc(Cl)cc1N1CCN(C(=O)NC(c2nccs2)C2CC2)CC1. The third kappa shape index (κ3) is 3.81. The standard InChI is InChI=1S/C19H23ClN4OS/c1-13-2-5-15(20)12-16(13)23-7-9-24(10-8-23)19(25)22-17(14-3-4-14)18-21-6-11-26-18/h2,5-6,11-12,14,17H,3-4,7-10H2,1H3,(H,22,25). The number of rotatable bonds is 4. The number of carbonyl (C=O) groups is 1. The number of nitrogens with one attached hydrogen (secondary N) is 1. The number of urea groups is 1. The lowest BCUT2D eigenvalue weighted by Crippen LogP contribution is -2.52. The van der Waals surface area contributed by atoms with Crippen LogP contribution >= 0.6 is 22.9 Å². The molecule has 1 N–H and O–H groups in total. The highest BCUT2D eigenvalue weighted by Crippen LogP contribution is 2.41. The molecular weight excluding hydrogens is 368 g/mol. The van der Waals surface area contributed by atoms with E-state index in [1.165, 1.54) is 18.4 Å². The van der Waals surface area contributed by atoms with Gasteiger partial charge in [0.1, 0.15) is 5.01 Å². The number of anilines is 1. The highest BCUT2D eigenvalue weighted by Gasteiger charge is 2.36. The van der Waals surface area contributed by atoms with Gasteiger partial charge in [0, 0.05) is 48.5 Å². The number of piperazine rings is 1. The summed E-state index contributed by atoms with van der Waals surface area (Å²) in [7, 11) is 0. The number of halogens is 1. The predicted molar refractivity (Wildman–Crippen MR) is 106 cm³/mol. The minimum absolute atomic E-state index is 0.0274. The van der Waals surface area contributed by atoms with Crippen molar-refractivity contribution < 1.29 is 4.79 Å². The lowest BCUT2D eigenvalue weighted by atomic mass is 10.1. The lowest BCUT2D eigenvalue weighted by molar-refractivity contribution is 0.188. The van der Waals surface area contributed by atoms with Crippen molar-refractivity contribution in [3.8, 4) is 0 Å². The van der Waals surface area contributed by atoms with Crippen LogP contribution in [0.2, 0.25) is 5.02 Å². The first-order chi connectivity index (χ1) is 12.6. The Labute approximate surface area is 163 Å². The topological polar surface area (TPSA) is 48.5 Å². The van der Waals surface area contributed by atoms with Gasteiger partial charge in [0.05, 0.1) is 6.04 Å². The molecular formula is C19H23ClN4OS. The average molecular weight is 391 g/mol. The molecule has 2 amide bonds. The van der Waals surface area contributed by atoms with Crippen molar-refractivity contribution in [3.05, 3.63) is 45.4 Å². The molecule has 2 heterocycles. The molecule has 2 aliphatic rings. The van der Waals surface area contributed by atoms with Gasteiger partial charge in [-0.15, -0.1) is 11.3 Å². The van der Waals surface area contributed by atoms with E-state index in [1.807, 2.05) is 34.7 Å². The highest BCUT2D eigenvalue weighted by molar-refractivity contribution is 7.09. The van der Waals surface area contributed by atoms with Gasteiger partial charge in [-0.3, -0.25) is 0 Å². The number of benzene rings is 1. The molecule has 4 rings (SSSR count). The van der Waals surface area contributed by atoms with E-state index in [9.17, 15) is 4.79 Å². The highest BCUT2D eigenvalue weighted by atomic mass is 35.5. The smallest absolute Gasteiger partial charge is 0.318 e. The summed E-state index contributed by atoms with van der Waals surface area (Å²) in [4.78, 5) is 21.4. The van der Waals surface area contributed by atoms with Gasteiger partial charge in [0.25, 0.3) is 0 Å². The van der Waals surface area contributed by atoms with Gasteiger partial charge in [0.15, 0.2) is 0 Å². The molecule has 0 spiro atoms. The van der Waals surface area contributed by atoms with E-state index in [2.05, 4.69) is 22.1 Å². The zero-order chi connectivity index (χ0) is 18.1. The van der Waals surface area contributed by atoms with Gasteiger partial charge in [0.2, 0.25) is 0 Å². The number of carbonyl (C=O) groups excluding carboxylic acids is 1. The molecule has 1 aromatic heterocycles. The number of aromatic nitrogens is 1. The summed E-state index contributed by atoms with van der Waals surface area (Å²) >= 11 is 7.77. The lowest BCUT2D eigenvalue weighted by Gasteiger charge is -2.37. The van der Waals surface area contributed by atoms with Gasteiger partial charge in [-0.2, -0.15) is 0 Å². The molecule has 138 valence electrons. The van der Waals surface area contributed by atoms with Gasteiger partial charge in [-0.05, 0) is 43.4 Å². The molecule has 26 heavy (non-hydrogen) atoms. The van der Waals surface area contributed by atoms with Crippen molar-refractivity contribution in [2.75, 3.05) is 31.1 Å². The van der Waals surface area contributed by atoms with Crippen molar-refractivity contribution in [2.45, 2.75) is 25.8 Å². The molecule has 5 nitrogen and oxygen atoms in total. The van der Waals surface area contributed by atoms with E-state index in [0.29, 0.717) is 19.0 Å². The van der Waals surface area contributed by atoms with Crippen LogP contribution in [0.4, 0.5) is 10.5 Å². The van der Waals surface area contributed by atoms with Gasteiger partial charge in [-0.25, -0.2) is 9.78 Å². The van der Waals surface area contributed by atoms with Crippen molar-refractivity contribution in [3.63, 3.8) is 0 Å². The molecule has 0 radical (unpaired) electrons. The summed E-state index contributed by atoms with van der Waals surface area (Å²) in [5, 5.41) is 6.97. The Kier molecular flexibility index (Phi) is 5.05. The van der Waals surface area contributed by atoms with Crippen LogP contribution in [0, 0.1) is 12.8 Å². The van der Waals surface area contributed by atoms with Crippen LogP contribution in [0.15, 0.2) is 29.8 Å². The fourth-order valence-corrected chi connectivity index (χ4v) is 4.44. The number of thiazole rings is 1. The van der Waals surface area contributed by atoms with E-state index < -0.39 is 0 Å². The Morgan fingerprint density at radius 3 is 2.73 bits per heavy atom. The molecule has 1 saturated heterocycles. The van der Waals surface area contributed by atoms with Crippen LogP contribution in [0.5, 0.6) is 0 Å². The van der Waals surface area contributed by atoms with E-state index in [4.69, 9.17) is 11.6 Å². The second kappa shape index (κ2) is 7.45. The van der Waals surface area contributed by atoms with Crippen LogP contribution in [-0.4, -0.2) is 42.1 Å². The zero-order valence-corrected chi connectivity index (χ0v) is 16.4. The summed E-state index contributed by atoms with van der Waals surface area (Å²) in [6.07, 6.45) is 4.16. The van der Waals surface area contributed by atoms with Gasteiger partial charge in [-0.1, -0.05) is 17.7 Å². The minimum atomic E-state index is 0.0274. The van der Waals surface area contributed by atoms with Crippen LogP contribution < -0.4 is 10.2 Å². The van der Waals surface area contributed by atoms with Crippen molar-refractivity contribution >= 4 is 34.7 Å². The Morgan fingerprint density at radius 1 is 1.31 bits per heavy atom. The third-order valence-electron chi connectivity index (χ3n) is 5.17. The van der Waals surface area contributed by atoms with E-state index in [0.717, 1.165) is 28.8 Å². The molecule has 1 aliphatic carbocycles. The summed E-state index contributed by atoms with van der Waals surface area (Å²) in [5.41, 5.74) is 2.38. The fraction of sp³-hybridized carbons (Fsp3) is 0.474. The molecule has 7 heteroatoms. The number of hydrogen-bond donors (Lipinski definition) is 1. The first-order valence-electron chi connectivity index (χ1n) is 9.08. The normalized spacial score (nSPS) is 18.7. The van der Waals surface area contributed by atoms with Crippen LogP contribution in [0.1, 0.15) is 29.5 Å². The molecule has 2 aromatic rings. The maximum atomic E-state index is 12.8. The number of hydrogen-bond acceptors (Lipinski definition) is 4. The number of aryl methyl sites for hydroxylation is 1. The Balaban J connectivity index is 1.37. The van der Waals surface area contributed by atoms with Crippen LogP contribution in [-0.2, 0) is 0 Å². The largest absolute Gasteiger partial charge is 0.368 e. The Bertz CT molecular complexity index is 770. The van der Waals surface area contributed by atoms with E-state index in [1.54, 1.807) is 11.3 Å². The molecule has 0 bridgehead atoms. The molecule has 1 atom stereocenters. The van der Waals surface area contributed by atoms with Crippen molar-refractivity contribution in [2.24, 2.45) is 5.92 Å². The first kappa shape index (κ1) is 17.6. The number of amides is 2. The van der Waals surface area contributed by atoms with Crippen LogP contribution in [0.3, 0.4) is 0 Å². The third-order valence-corrected chi connectivity index (χ3v) is 6.26. The van der Waals surface area contributed by atoms with E-state index in [-0.39, 0.29) is 12.1 Å². The second-order valence-electron chi connectivity index (χ2n) is 7.04. The second-order valence-corrected chi connectivity index (χ2v) is 8.40. The summed E-state index contributed by atoms with van der Waals surface area (Å²) < 4.78 is 0. The monoisotopic (exact) mass is 390 g/mol. The Morgan fingerprint density at radius 2 is 2.08 bits per heavy atom. The maximum absolute atomic E-state index is 12.8. The Hall–Kier alpha value is -1.79. The molecule has 1 saturated carbocycles. The molecule has 2 fully saturated rings. The van der Waals surface area contributed by atoms with Gasteiger partial charge >= 0.3 is 6.03 Å². The summed E-state index contributed by atoms with van der Waals surface area (Å²) in [5.74, 6) is 0.542. The van der Waals surface area contributed by atoms with Crippen LogP contribution in [0.25, 0.3) is 0 Å². The molecule has 1 aromatic carbocycles. The quantitative estimate of drug-likeness (QED) is 0.855. The average Bonchev–Trinajstić information content (AvgIpc) is 3.35.